The molecular weight excluding hydrogens is 264 g/mol. The Hall–Kier alpha value is -2.37. The average molecular weight is 284 g/mol. The van der Waals surface area contributed by atoms with E-state index in [1.165, 1.54) is 6.08 Å². The van der Waals surface area contributed by atoms with E-state index in [9.17, 15) is 14.4 Å². The van der Waals surface area contributed by atoms with Crippen LogP contribution in [0.1, 0.15) is 26.2 Å². The molecule has 6 heteroatoms. The zero-order valence-corrected chi connectivity index (χ0v) is 11.5. The van der Waals surface area contributed by atoms with Gasteiger partial charge in [-0.3, -0.25) is 4.79 Å². The van der Waals surface area contributed by atoms with Crippen molar-refractivity contribution in [2.24, 2.45) is 0 Å². The van der Waals surface area contributed by atoms with Crippen LogP contribution in [-0.2, 0) is 19.1 Å². The maximum Gasteiger partial charge on any atom is 0.337 e. The Morgan fingerprint density at radius 1 is 1.20 bits per heavy atom. The summed E-state index contributed by atoms with van der Waals surface area (Å²) in [5.74, 6) is -2.52. The van der Waals surface area contributed by atoms with Gasteiger partial charge in [-0.25, -0.2) is 9.59 Å². The smallest absolute Gasteiger partial charge is 0.337 e. The highest BCUT2D eigenvalue weighted by Crippen LogP contribution is 1.98. The number of carbonyl (C=O) groups excluding carboxylic acids is 1. The lowest BCUT2D eigenvalue weighted by Crippen LogP contribution is -2.07. The molecule has 6 nitrogen and oxygen atoms in total. The lowest BCUT2D eigenvalue weighted by molar-refractivity contribution is -0.139. The fourth-order valence-electron chi connectivity index (χ4n) is 0.765. The molecule has 0 rings (SSSR count). The van der Waals surface area contributed by atoms with Crippen LogP contribution < -0.4 is 0 Å². The van der Waals surface area contributed by atoms with Gasteiger partial charge in [0.05, 0.1) is 18.6 Å². The second-order valence-electron chi connectivity index (χ2n) is 3.57. The lowest BCUT2D eigenvalue weighted by atomic mass is 10.3. The monoisotopic (exact) mass is 284 g/mol. The van der Waals surface area contributed by atoms with Gasteiger partial charge in [0.2, 0.25) is 0 Å². The number of hydrogen-bond acceptors (Lipinski definition) is 4. The summed E-state index contributed by atoms with van der Waals surface area (Å²) in [7, 11) is 0. The van der Waals surface area contributed by atoms with Crippen molar-refractivity contribution < 1.29 is 29.3 Å². The van der Waals surface area contributed by atoms with Crippen molar-refractivity contribution in [3.05, 3.63) is 37.0 Å². The van der Waals surface area contributed by atoms with Crippen molar-refractivity contribution in [3.63, 3.8) is 0 Å². The van der Waals surface area contributed by atoms with Crippen LogP contribution >= 0.6 is 0 Å². The van der Waals surface area contributed by atoms with E-state index in [0.29, 0.717) is 6.61 Å². The van der Waals surface area contributed by atoms with Gasteiger partial charge in [-0.2, -0.15) is 0 Å². The van der Waals surface area contributed by atoms with Gasteiger partial charge < -0.3 is 14.9 Å². The van der Waals surface area contributed by atoms with Gasteiger partial charge in [-0.15, -0.1) is 6.58 Å². The molecule has 0 aliphatic rings. The molecule has 0 fully saturated rings. The van der Waals surface area contributed by atoms with E-state index in [0.717, 1.165) is 25.0 Å². The molecule has 0 radical (unpaired) electrons. The Labute approximate surface area is 118 Å². The summed E-state index contributed by atoms with van der Waals surface area (Å²) in [6.07, 6.45) is 5.11. The second-order valence-corrected chi connectivity index (χ2v) is 3.57. The van der Waals surface area contributed by atoms with Crippen molar-refractivity contribution >= 4 is 17.9 Å². The summed E-state index contributed by atoms with van der Waals surface area (Å²) in [4.78, 5) is 30.7. The Balaban J connectivity index is 0. The van der Waals surface area contributed by atoms with Crippen molar-refractivity contribution in [2.45, 2.75) is 26.2 Å². The summed E-state index contributed by atoms with van der Waals surface area (Å²) >= 11 is 0. The van der Waals surface area contributed by atoms with E-state index >= 15 is 0 Å². The summed E-state index contributed by atoms with van der Waals surface area (Å²) in [5, 5.41) is 16.1. The van der Waals surface area contributed by atoms with Crippen molar-refractivity contribution in [1.29, 1.82) is 0 Å². The normalized spacial score (nSPS) is 9.25. The molecule has 0 heterocycles. The molecule has 0 unspecified atom stereocenters. The topological polar surface area (TPSA) is 101 Å². The van der Waals surface area contributed by atoms with Gasteiger partial charge >= 0.3 is 17.9 Å². The molecule has 0 aromatic rings. The van der Waals surface area contributed by atoms with E-state index in [-0.39, 0.29) is 12.0 Å². The molecule has 0 aromatic carbocycles. The number of esters is 1. The van der Waals surface area contributed by atoms with Crippen LogP contribution in [0.25, 0.3) is 0 Å². The van der Waals surface area contributed by atoms with E-state index in [4.69, 9.17) is 14.9 Å². The molecule has 0 aliphatic heterocycles. The van der Waals surface area contributed by atoms with E-state index in [2.05, 4.69) is 13.2 Å². The van der Waals surface area contributed by atoms with Crippen LogP contribution in [0.2, 0.25) is 0 Å². The lowest BCUT2D eigenvalue weighted by Gasteiger charge is -2.02. The highest BCUT2D eigenvalue weighted by atomic mass is 16.5. The number of carboxylic acid groups (broad SMARTS) is 2. The Kier molecular flexibility index (Phi) is 13.0. The van der Waals surface area contributed by atoms with Crippen LogP contribution in [-0.4, -0.2) is 34.7 Å². The quantitative estimate of drug-likeness (QED) is 0.233. The van der Waals surface area contributed by atoms with Crippen LogP contribution in [0.5, 0.6) is 0 Å². The molecule has 0 amide bonds. The Morgan fingerprint density at radius 3 is 2.15 bits per heavy atom. The number of hydrogen-bond donors (Lipinski definition) is 2. The second kappa shape index (κ2) is 13.1. The minimum absolute atomic E-state index is 0.0449. The molecule has 20 heavy (non-hydrogen) atoms. The SMILES string of the molecule is C=C(C=CC(=O)O)C(=O)OCCCC.C=CCC(=O)O. The van der Waals surface area contributed by atoms with Gasteiger partial charge in [-0.1, -0.05) is 26.0 Å². The molecule has 2 N–H and O–H groups in total. The fourth-order valence-corrected chi connectivity index (χ4v) is 0.765. The molecule has 0 saturated heterocycles. The minimum Gasteiger partial charge on any atom is -0.481 e. The maximum atomic E-state index is 11.1. The third kappa shape index (κ3) is 15.6. The fraction of sp³-hybridized carbons (Fsp3) is 0.357. The third-order valence-corrected chi connectivity index (χ3v) is 1.74. The molecule has 0 saturated carbocycles. The van der Waals surface area contributed by atoms with E-state index in [1.54, 1.807) is 0 Å². The van der Waals surface area contributed by atoms with Gasteiger partial charge in [0, 0.05) is 6.08 Å². The molecule has 0 aromatic heterocycles. The number of rotatable bonds is 8. The van der Waals surface area contributed by atoms with Crippen LogP contribution in [0.15, 0.2) is 37.0 Å². The molecular formula is C14H20O6. The highest BCUT2D eigenvalue weighted by Gasteiger charge is 2.04. The summed E-state index contributed by atoms with van der Waals surface area (Å²) < 4.78 is 4.79. The van der Waals surface area contributed by atoms with Gasteiger partial charge in [0.15, 0.2) is 0 Å². The summed E-state index contributed by atoms with van der Waals surface area (Å²) in [6, 6.07) is 0. The van der Waals surface area contributed by atoms with E-state index in [1.807, 2.05) is 6.92 Å². The Bertz CT molecular complexity index is 381. The zero-order valence-electron chi connectivity index (χ0n) is 11.5. The first-order valence-corrected chi connectivity index (χ1v) is 5.94. The number of carbonyl (C=O) groups is 3. The summed E-state index contributed by atoms with van der Waals surface area (Å²) in [6.45, 7) is 8.92. The first-order valence-electron chi connectivity index (χ1n) is 5.94. The number of unbranched alkanes of at least 4 members (excludes halogenated alkanes) is 1. The van der Waals surface area contributed by atoms with Gasteiger partial charge in [0.25, 0.3) is 0 Å². The summed E-state index contributed by atoms with van der Waals surface area (Å²) in [5.41, 5.74) is 0.0449. The maximum absolute atomic E-state index is 11.1. The van der Waals surface area contributed by atoms with Crippen molar-refractivity contribution in [3.8, 4) is 0 Å². The van der Waals surface area contributed by atoms with E-state index < -0.39 is 17.9 Å². The Morgan fingerprint density at radius 2 is 1.80 bits per heavy atom. The van der Waals surface area contributed by atoms with Crippen LogP contribution in [0.4, 0.5) is 0 Å². The molecule has 0 bridgehead atoms. The van der Waals surface area contributed by atoms with Gasteiger partial charge in [-0.05, 0) is 12.5 Å². The predicted octanol–water partition coefficient (Wildman–Crippen LogP) is 2.17. The molecule has 0 aliphatic carbocycles. The number of ether oxygens (including phenoxy) is 1. The van der Waals surface area contributed by atoms with Gasteiger partial charge in [0.1, 0.15) is 0 Å². The van der Waals surface area contributed by atoms with Crippen LogP contribution in [0, 0.1) is 0 Å². The highest BCUT2D eigenvalue weighted by molar-refractivity contribution is 5.93. The predicted molar refractivity (Wildman–Crippen MR) is 74.2 cm³/mol. The third-order valence-electron chi connectivity index (χ3n) is 1.74. The first-order chi connectivity index (χ1) is 9.34. The minimum atomic E-state index is -1.12. The number of carboxylic acids is 2. The molecule has 0 atom stereocenters. The number of aliphatic carboxylic acids is 2. The average Bonchev–Trinajstić information content (AvgIpc) is 2.36. The van der Waals surface area contributed by atoms with Crippen molar-refractivity contribution in [2.75, 3.05) is 6.61 Å². The van der Waals surface area contributed by atoms with Crippen LogP contribution in [0.3, 0.4) is 0 Å². The first kappa shape index (κ1) is 20.0. The zero-order chi connectivity index (χ0) is 16.0. The van der Waals surface area contributed by atoms with Crippen molar-refractivity contribution in [1.82, 2.24) is 0 Å². The molecule has 0 spiro atoms. The standard InChI is InChI=1S/C10H14O4.C4H6O2/c1-3-4-7-14-10(13)8(2)5-6-9(11)12;1-2-3-4(5)6/h5-6H,2-4,7H2,1H3,(H,11,12);2H,1,3H2,(H,5,6). The molecule has 112 valence electrons. The largest absolute Gasteiger partial charge is 0.481 e.